The molecule has 3 aromatic rings. The fraction of sp³-hybridized carbons (Fsp3) is 0.235. The molecule has 128 valence electrons. The van der Waals surface area contributed by atoms with E-state index >= 15 is 0 Å². The van der Waals surface area contributed by atoms with E-state index in [1.807, 2.05) is 31.2 Å². The second-order valence-corrected chi connectivity index (χ2v) is 6.85. The van der Waals surface area contributed by atoms with Crippen molar-refractivity contribution >= 4 is 33.3 Å². The number of amides is 1. The molecule has 0 radical (unpaired) electrons. The van der Waals surface area contributed by atoms with Gasteiger partial charge in [0.1, 0.15) is 17.0 Å². The van der Waals surface area contributed by atoms with Gasteiger partial charge in [-0.3, -0.25) is 4.79 Å². The first-order valence-corrected chi connectivity index (χ1v) is 8.61. The van der Waals surface area contributed by atoms with E-state index in [4.69, 9.17) is 9.47 Å². The molecule has 0 unspecified atom stereocenters. The van der Waals surface area contributed by atoms with E-state index < -0.39 is 0 Å². The Hall–Kier alpha value is -2.87. The van der Waals surface area contributed by atoms with Gasteiger partial charge in [0.25, 0.3) is 0 Å². The maximum atomic E-state index is 12.1. The van der Waals surface area contributed by atoms with Gasteiger partial charge in [-0.1, -0.05) is 6.07 Å². The van der Waals surface area contributed by atoms with Crippen molar-refractivity contribution in [1.82, 2.24) is 15.3 Å². The topological polar surface area (TPSA) is 85.4 Å². The molecule has 8 heteroatoms. The Morgan fingerprint density at radius 3 is 3.04 bits per heavy atom. The molecule has 1 amide bonds. The highest BCUT2D eigenvalue weighted by molar-refractivity contribution is 7.18. The van der Waals surface area contributed by atoms with Gasteiger partial charge in [0, 0.05) is 11.4 Å². The lowest BCUT2D eigenvalue weighted by molar-refractivity contribution is -0.119. The van der Waals surface area contributed by atoms with Gasteiger partial charge in [-0.15, -0.1) is 11.3 Å². The molecule has 3 heterocycles. The van der Waals surface area contributed by atoms with Crippen LogP contribution >= 0.6 is 11.3 Å². The van der Waals surface area contributed by atoms with Crippen LogP contribution in [-0.4, -0.2) is 29.2 Å². The van der Waals surface area contributed by atoms with E-state index in [-0.39, 0.29) is 19.2 Å². The lowest BCUT2D eigenvalue weighted by Crippen LogP contribution is -2.29. The summed E-state index contributed by atoms with van der Waals surface area (Å²) >= 11 is 1.60. The predicted molar refractivity (Wildman–Crippen MR) is 95.1 cm³/mol. The number of carbonyl (C=O) groups excluding carboxylic acids is 1. The average molecular weight is 356 g/mol. The van der Waals surface area contributed by atoms with Gasteiger partial charge >= 0.3 is 0 Å². The molecule has 25 heavy (non-hydrogen) atoms. The smallest absolute Gasteiger partial charge is 0.239 e. The Balaban J connectivity index is 1.34. The highest BCUT2D eigenvalue weighted by Crippen LogP contribution is 2.32. The van der Waals surface area contributed by atoms with Crippen molar-refractivity contribution in [3.05, 3.63) is 41.0 Å². The molecule has 0 atom stereocenters. The summed E-state index contributed by atoms with van der Waals surface area (Å²) < 4.78 is 10.6. The molecule has 2 aromatic heterocycles. The van der Waals surface area contributed by atoms with Crippen molar-refractivity contribution in [1.29, 1.82) is 0 Å². The molecule has 1 aliphatic rings. The maximum absolute atomic E-state index is 12.1. The average Bonchev–Trinajstić information content (AvgIpc) is 3.22. The van der Waals surface area contributed by atoms with Crippen LogP contribution in [0.4, 0.5) is 5.82 Å². The third-order valence-electron chi connectivity index (χ3n) is 3.80. The monoisotopic (exact) mass is 356 g/mol. The van der Waals surface area contributed by atoms with Crippen LogP contribution in [0.25, 0.3) is 10.2 Å². The summed E-state index contributed by atoms with van der Waals surface area (Å²) in [6.45, 7) is 2.83. The van der Waals surface area contributed by atoms with Crippen LogP contribution in [0.1, 0.15) is 10.4 Å². The summed E-state index contributed by atoms with van der Waals surface area (Å²) in [4.78, 5) is 22.6. The lowest BCUT2D eigenvalue weighted by Gasteiger charge is -2.08. The Kier molecular flexibility index (Phi) is 4.10. The molecule has 2 N–H and O–H groups in total. The normalized spacial score (nSPS) is 12.4. The van der Waals surface area contributed by atoms with Crippen LogP contribution in [0.2, 0.25) is 0 Å². The van der Waals surface area contributed by atoms with Gasteiger partial charge in [0.2, 0.25) is 12.7 Å². The molecular formula is C17H16N4O3S. The van der Waals surface area contributed by atoms with Crippen LogP contribution in [0.3, 0.4) is 0 Å². The third kappa shape index (κ3) is 3.34. The van der Waals surface area contributed by atoms with Crippen LogP contribution in [0.15, 0.2) is 30.6 Å². The number of anilines is 1. The molecule has 7 nitrogen and oxygen atoms in total. The number of nitrogens with one attached hydrogen (secondary N) is 2. The number of thiophene rings is 1. The van der Waals surface area contributed by atoms with Gasteiger partial charge < -0.3 is 20.1 Å². The number of aryl methyl sites for hydroxylation is 1. The molecule has 0 saturated heterocycles. The summed E-state index contributed by atoms with van der Waals surface area (Å²) in [6.07, 6.45) is 1.51. The van der Waals surface area contributed by atoms with E-state index in [1.165, 1.54) is 6.33 Å². The number of carbonyl (C=O) groups is 1. The van der Waals surface area contributed by atoms with Gasteiger partial charge in [0.15, 0.2) is 11.5 Å². The molecule has 0 aliphatic carbocycles. The second-order valence-electron chi connectivity index (χ2n) is 5.62. The minimum Gasteiger partial charge on any atom is -0.454 e. The fourth-order valence-corrected chi connectivity index (χ4v) is 3.44. The van der Waals surface area contributed by atoms with E-state index in [0.29, 0.717) is 18.1 Å². The molecule has 0 fully saturated rings. The fourth-order valence-electron chi connectivity index (χ4n) is 2.59. The predicted octanol–water partition coefficient (Wildman–Crippen LogP) is 2.46. The van der Waals surface area contributed by atoms with E-state index in [0.717, 1.165) is 26.4 Å². The summed E-state index contributed by atoms with van der Waals surface area (Å²) in [5.41, 5.74) is 0.954. The zero-order valence-electron chi connectivity index (χ0n) is 13.5. The van der Waals surface area contributed by atoms with E-state index in [1.54, 1.807) is 11.3 Å². The number of nitrogens with zero attached hydrogens (tertiary/aromatic N) is 2. The molecule has 1 aliphatic heterocycles. The largest absolute Gasteiger partial charge is 0.454 e. The highest BCUT2D eigenvalue weighted by atomic mass is 32.1. The minimum absolute atomic E-state index is 0.114. The van der Waals surface area contributed by atoms with Crippen molar-refractivity contribution < 1.29 is 14.3 Å². The number of rotatable bonds is 5. The first-order chi connectivity index (χ1) is 12.2. The van der Waals surface area contributed by atoms with Crippen molar-refractivity contribution in [2.45, 2.75) is 13.5 Å². The van der Waals surface area contributed by atoms with Crippen molar-refractivity contribution in [3.8, 4) is 11.5 Å². The number of hydrogen-bond donors (Lipinski definition) is 2. The van der Waals surface area contributed by atoms with E-state index in [2.05, 4.69) is 20.6 Å². The van der Waals surface area contributed by atoms with Gasteiger partial charge in [-0.25, -0.2) is 9.97 Å². The standard InChI is InChI=1S/C17H16N4O3S/c1-10-4-12-16(20-8-21-17(12)25-10)19-7-15(22)18-6-11-2-3-13-14(5-11)24-9-23-13/h2-5,8H,6-7,9H2,1H3,(H,18,22)(H,19,20,21). The number of aromatic nitrogens is 2. The van der Waals surface area contributed by atoms with Crippen molar-refractivity contribution in [2.75, 3.05) is 18.7 Å². The molecular weight excluding hydrogens is 340 g/mol. The number of hydrogen-bond acceptors (Lipinski definition) is 7. The quantitative estimate of drug-likeness (QED) is 0.730. The minimum atomic E-state index is -0.114. The molecule has 0 bridgehead atoms. The Morgan fingerprint density at radius 1 is 1.24 bits per heavy atom. The van der Waals surface area contributed by atoms with Crippen molar-refractivity contribution in [2.24, 2.45) is 0 Å². The lowest BCUT2D eigenvalue weighted by atomic mass is 10.2. The third-order valence-corrected chi connectivity index (χ3v) is 4.75. The zero-order valence-corrected chi connectivity index (χ0v) is 14.4. The van der Waals surface area contributed by atoms with Crippen LogP contribution in [-0.2, 0) is 11.3 Å². The molecule has 4 rings (SSSR count). The summed E-state index contributed by atoms with van der Waals surface area (Å²) in [5.74, 6) is 2.00. The van der Waals surface area contributed by atoms with Gasteiger partial charge in [-0.05, 0) is 30.7 Å². The summed E-state index contributed by atoms with van der Waals surface area (Å²) in [5, 5.41) is 6.89. The summed E-state index contributed by atoms with van der Waals surface area (Å²) in [7, 11) is 0. The maximum Gasteiger partial charge on any atom is 0.239 e. The van der Waals surface area contributed by atoms with Crippen LogP contribution in [0.5, 0.6) is 11.5 Å². The first kappa shape index (κ1) is 15.6. The Bertz CT molecular complexity index is 941. The Labute approximate surface area is 148 Å². The highest BCUT2D eigenvalue weighted by Gasteiger charge is 2.13. The van der Waals surface area contributed by atoms with Gasteiger partial charge in [-0.2, -0.15) is 0 Å². The zero-order chi connectivity index (χ0) is 17.2. The van der Waals surface area contributed by atoms with Crippen LogP contribution in [0, 0.1) is 6.92 Å². The number of ether oxygens (including phenoxy) is 2. The molecule has 0 saturated carbocycles. The van der Waals surface area contributed by atoms with Crippen LogP contribution < -0.4 is 20.1 Å². The summed E-state index contributed by atoms with van der Waals surface area (Å²) in [6, 6.07) is 7.65. The molecule has 0 spiro atoms. The number of benzene rings is 1. The van der Waals surface area contributed by atoms with Crippen molar-refractivity contribution in [3.63, 3.8) is 0 Å². The Morgan fingerprint density at radius 2 is 2.12 bits per heavy atom. The first-order valence-electron chi connectivity index (χ1n) is 7.79. The SMILES string of the molecule is Cc1cc2c(NCC(=O)NCc3ccc4c(c3)OCO4)ncnc2s1. The molecule has 1 aromatic carbocycles. The second kappa shape index (κ2) is 6.56. The van der Waals surface area contributed by atoms with Gasteiger partial charge in [0.05, 0.1) is 11.9 Å². The van der Waals surface area contributed by atoms with E-state index in [9.17, 15) is 4.79 Å². The number of fused-ring (bicyclic) bond motifs is 2.